The number of methoxy groups -OCH3 is 1. The predicted octanol–water partition coefficient (Wildman–Crippen LogP) is 3.53. The number of aliphatic imine (C=N–C) groups is 1. The van der Waals surface area contributed by atoms with E-state index in [1.165, 1.54) is 11.1 Å². The third-order valence-corrected chi connectivity index (χ3v) is 3.69. The molecule has 0 unspecified atom stereocenters. The molecular weight excluding hydrogens is 413 g/mol. The molecule has 0 aliphatic carbocycles. The van der Waals surface area contributed by atoms with Gasteiger partial charge in [0.05, 0.1) is 7.11 Å². The topological polar surface area (TPSA) is 45.7 Å². The van der Waals surface area contributed by atoms with Gasteiger partial charge in [-0.3, -0.25) is 4.99 Å². The van der Waals surface area contributed by atoms with Crippen molar-refractivity contribution in [2.24, 2.45) is 4.99 Å². The van der Waals surface area contributed by atoms with Crippen LogP contribution >= 0.6 is 24.0 Å². The molecule has 5 heteroatoms. The molecule has 2 N–H and O–H groups in total. The average molecular weight is 439 g/mol. The van der Waals surface area contributed by atoms with E-state index in [1.54, 1.807) is 14.2 Å². The molecule has 4 nitrogen and oxygen atoms in total. The van der Waals surface area contributed by atoms with E-state index in [0.717, 1.165) is 30.2 Å². The van der Waals surface area contributed by atoms with E-state index >= 15 is 0 Å². The second-order valence-electron chi connectivity index (χ2n) is 5.40. The lowest BCUT2D eigenvalue weighted by atomic mass is 10.1. The lowest BCUT2D eigenvalue weighted by molar-refractivity contribution is 0.409. The number of aryl methyl sites for hydroxylation is 1. The van der Waals surface area contributed by atoms with E-state index in [1.807, 2.05) is 24.3 Å². The van der Waals surface area contributed by atoms with Gasteiger partial charge in [-0.25, -0.2) is 0 Å². The number of nitrogens with zero attached hydrogens (tertiary/aromatic N) is 1. The van der Waals surface area contributed by atoms with Gasteiger partial charge in [0.2, 0.25) is 0 Å². The SMILES string of the molecule is CN=C(NCCc1ccc(C)cc1)NCc1ccccc1OC.I. The summed E-state index contributed by atoms with van der Waals surface area (Å²) in [6, 6.07) is 16.6. The van der Waals surface area contributed by atoms with E-state index < -0.39 is 0 Å². The van der Waals surface area contributed by atoms with Crippen molar-refractivity contribution in [1.29, 1.82) is 0 Å². The Morgan fingerprint density at radius 2 is 1.75 bits per heavy atom. The fourth-order valence-corrected chi connectivity index (χ4v) is 2.33. The molecule has 0 amide bonds. The molecule has 0 saturated carbocycles. The van der Waals surface area contributed by atoms with Crippen LogP contribution in [0.3, 0.4) is 0 Å². The van der Waals surface area contributed by atoms with Crippen molar-refractivity contribution < 1.29 is 4.74 Å². The Hall–Kier alpha value is -1.76. The van der Waals surface area contributed by atoms with Crippen LogP contribution in [-0.4, -0.2) is 26.7 Å². The van der Waals surface area contributed by atoms with Crippen molar-refractivity contribution in [2.45, 2.75) is 19.9 Å². The summed E-state index contributed by atoms with van der Waals surface area (Å²) < 4.78 is 5.36. The molecule has 0 bridgehead atoms. The minimum absolute atomic E-state index is 0. The molecule has 0 aliphatic rings. The molecule has 0 spiro atoms. The van der Waals surface area contributed by atoms with Gasteiger partial charge >= 0.3 is 0 Å². The summed E-state index contributed by atoms with van der Waals surface area (Å²) in [6.45, 7) is 3.62. The Kier molecular flexibility index (Phi) is 9.22. The van der Waals surface area contributed by atoms with Gasteiger partial charge in [-0.2, -0.15) is 0 Å². The van der Waals surface area contributed by atoms with Gasteiger partial charge in [0.1, 0.15) is 5.75 Å². The van der Waals surface area contributed by atoms with Crippen LogP contribution in [0.5, 0.6) is 5.75 Å². The molecule has 130 valence electrons. The molecule has 2 aromatic rings. The van der Waals surface area contributed by atoms with Crippen LogP contribution in [0.25, 0.3) is 0 Å². The van der Waals surface area contributed by atoms with Crippen molar-refractivity contribution >= 4 is 29.9 Å². The van der Waals surface area contributed by atoms with Gasteiger partial charge in [0, 0.05) is 25.7 Å². The number of halogens is 1. The number of hydrogen-bond acceptors (Lipinski definition) is 2. The maximum atomic E-state index is 5.36. The van der Waals surface area contributed by atoms with E-state index in [4.69, 9.17) is 4.74 Å². The Morgan fingerprint density at radius 3 is 2.42 bits per heavy atom. The van der Waals surface area contributed by atoms with Crippen molar-refractivity contribution in [2.75, 3.05) is 20.7 Å². The minimum Gasteiger partial charge on any atom is -0.496 e. The zero-order valence-corrected chi connectivity index (χ0v) is 16.8. The molecule has 0 radical (unpaired) electrons. The third kappa shape index (κ3) is 6.39. The number of para-hydroxylation sites is 1. The van der Waals surface area contributed by atoms with E-state index in [9.17, 15) is 0 Å². The first-order chi connectivity index (χ1) is 11.2. The predicted molar refractivity (Wildman–Crippen MR) is 111 cm³/mol. The molecule has 0 heterocycles. The number of rotatable bonds is 6. The lowest BCUT2D eigenvalue weighted by Gasteiger charge is -2.13. The number of hydrogen-bond donors (Lipinski definition) is 2. The summed E-state index contributed by atoms with van der Waals surface area (Å²) in [5.41, 5.74) is 3.72. The van der Waals surface area contributed by atoms with Crippen molar-refractivity contribution in [3.63, 3.8) is 0 Å². The maximum Gasteiger partial charge on any atom is 0.191 e. The second-order valence-corrected chi connectivity index (χ2v) is 5.40. The smallest absolute Gasteiger partial charge is 0.191 e. The quantitative estimate of drug-likeness (QED) is 0.411. The number of guanidine groups is 1. The molecular formula is C19H26IN3O. The van der Waals surface area contributed by atoms with Crippen molar-refractivity contribution in [3.05, 3.63) is 65.2 Å². The summed E-state index contributed by atoms with van der Waals surface area (Å²) in [7, 11) is 3.47. The highest BCUT2D eigenvalue weighted by molar-refractivity contribution is 14.0. The zero-order valence-electron chi connectivity index (χ0n) is 14.5. The molecule has 2 aromatic carbocycles. The molecule has 0 aromatic heterocycles. The molecule has 0 atom stereocenters. The fourth-order valence-electron chi connectivity index (χ4n) is 2.33. The normalized spacial score (nSPS) is 10.7. The van der Waals surface area contributed by atoms with E-state index in [-0.39, 0.29) is 24.0 Å². The second kappa shape index (κ2) is 10.9. The first-order valence-corrected chi connectivity index (χ1v) is 7.85. The molecule has 0 aliphatic heterocycles. The standard InChI is InChI=1S/C19H25N3O.HI/c1-15-8-10-16(11-9-15)12-13-21-19(20-2)22-14-17-6-4-5-7-18(17)23-3;/h4-11H,12-14H2,1-3H3,(H2,20,21,22);1H. The number of ether oxygens (including phenoxy) is 1. The lowest BCUT2D eigenvalue weighted by Crippen LogP contribution is -2.37. The van der Waals surface area contributed by atoms with Crippen molar-refractivity contribution in [1.82, 2.24) is 10.6 Å². The monoisotopic (exact) mass is 439 g/mol. The largest absolute Gasteiger partial charge is 0.496 e. The number of benzene rings is 2. The number of nitrogens with one attached hydrogen (secondary N) is 2. The van der Waals surface area contributed by atoms with Gasteiger partial charge in [0.25, 0.3) is 0 Å². The van der Waals surface area contributed by atoms with Gasteiger partial charge in [-0.1, -0.05) is 48.0 Å². The van der Waals surface area contributed by atoms with E-state index in [0.29, 0.717) is 6.54 Å². The summed E-state index contributed by atoms with van der Waals surface area (Å²) in [4.78, 5) is 4.26. The summed E-state index contributed by atoms with van der Waals surface area (Å²) in [5, 5.41) is 6.65. The summed E-state index contributed by atoms with van der Waals surface area (Å²) in [6.07, 6.45) is 0.968. The highest BCUT2D eigenvalue weighted by Gasteiger charge is 2.03. The summed E-state index contributed by atoms with van der Waals surface area (Å²) >= 11 is 0. The van der Waals surface area contributed by atoms with E-state index in [2.05, 4.69) is 46.8 Å². The van der Waals surface area contributed by atoms with Crippen LogP contribution in [0.1, 0.15) is 16.7 Å². The Morgan fingerprint density at radius 1 is 1.04 bits per heavy atom. The first kappa shape index (κ1) is 20.3. The Labute approximate surface area is 161 Å². The molecule has 0 saturated heterocycles. The first-order valence-electron chi connectivity index (χ1n) is 7.85. The molecule has 0 fully saturated rings. The van der Waals surface area contributed by atoms with Gasteiger partial charge < -0.3 is 15.4 Å². The van der Waals surface area contributed by atoms with Crippen LogP contribution in [0.2, 0.25) is 0 Å². The Balaban J connectivity index is 0.00000288. The molecule has 24 heavy (non-hydrogen) atoms. The van der Waals surface area contributed by atoms with Crippen molar-refractivity contribution in [3.8, 4) is 5.75 Å². The van der Waals surface area contributed by atoms with Crippen LogP contribution < -0.4 is 15.4 Å². The van der Waals surface area contributed by atoms with Gasteiger partial charge in [0.15, 0.2) is 5.96 Å². The zero-order chi connectivity index (χ0) is 16.5. The average Bonchev–Trinajstić information content (AvgIpc) is 2.59. The van der Waals surface area contributed by atoms with Crippen LogP contribution in [0.15, 0.2) is 53.5 Å². The molecule has 2 rings (SSSR count). The third-order valence-electron chi connectivity index (χ3n) is 3.69. The van der Waals surface area contributed by atoms with Crippen LogP contribution in [0.4, 0.5) is 0 Å². The Bertz CT molecular complexity index is 641. The highest BCUT2D eigenvalue weighted by Crippen LogP contribution is 2.16. The summed E-state index contributed by atoms with van der Waals surface area (Å²) in [5.74, 6) is 1.68. The highest BCUT2D eigenvalue weighted by atomic mass is 127. The minimum atomic E-state index is 0. The maximum absolute atomic E-state index is 5.36. The van der Waals surface area contributed by atoms with Gasteiger partial charge in [-0.15, -0.1) is 24.0 Å². The van der Waals surface area contributed by atoms with Crippen LogP contribution in [0, 0.1) is 6.92 Å². The van der Waals surface area contributed by atoms with Gasteiger partial charge in [-0.05, 0) is 25.0 Å². The fraction of sp³-hybridized carbons (Fsp3) is 0.316. The van der Waals surface area contributed by atoms with Crippen LogP contribution in [-0.2, 0) is 13.0 Å².